The summed E-state index contributed by atoms with van der Waals surface area (Å²) >= 11 is 1.80. The molecule has 0 radical (unpaired) electrons. The van der Waals surface area contributed by atoms with Crippen LogP contribution in [0.4, 0.5) is 0 Å². The zero-order valence-corrected chi connectivity index (χ0v) is 10.7. The molecule has 5 heteroatoms. The molecule has 1 aliphatic heterocycles. The van der Waals surface area contributed by atoms with Crippen molar-refractivity contribution < 1.29 is 7.48 Å². The quantitative estimate of drug-likeness (QED) is 0.505. The molecule has 0 amide bonds. The molecule has 0 fully saturated rings. The zero-order chi connectivity index (χ0) is 11.8. The predicted molar refractivity (Wildman–Crippen MR) is 71.5 cm³/mol. The fraction of sp³-hybridized carbons (Fsp3) is 0. The van der Waals surface area contributed by atoms with Gasteiger partial charge in [0.2, 0.25) is 0 Å². The summed E-state index contributed by atoms with van der Waals surface area (Å²) in [5, 5.41) is 0. The van der Waals surface area contributed by atoms with Crippen LogP contribution in [0, 0.1) is 0 Å². The van der Waals surface area contributed by atoms with Crippen molar-refractivity contribution in [3.05, 3.63) is 46.6 Å². The molecular formula is C12H6INO3. The van der Waals surface area contributed by atoms with Crippen LogP contribution in [0.1, 0.15) is 0 Å². The molecule has 17 heavy (non-hydrogen) atoms. The van der Waals surface area contributed by atoms with Crippen molar-refractivity contribution in [3.8, 4) is 17.2 Å². The molecule has 0 bridgehead atoms. The Labute approximate surface area is 110 Å². The van der Waals surface area contributed by atoms with Gasteiger partial charge in [-0.2, -0.15) is 0 Å². The van der Waals surface area contributed by atoms with E-state index in [1.165, 1.54) is 12.1 Å². The molecule has 1 aromatic carbocycles. The first-order chi connectivity index (χ1) is 8.26. The highest BCUT2D eigenvalue weighted by Crippen LogP contribution is 2.26. The van der Waals surface area contributed by atoms with Crippen molar-refractivity contribution in [2.45, 2.75) is 0 Å². The van der Waals surface area contributed by atoms with Crippen molar-refractivity contribution in [2.24, 2.45) is 0 Å². The number of hydrogen-bond donors (Lipinski definition) is 0. The van der Waals surface area contributed by atoms with Crippen molar-refractivity contribution in [3.63, 3.8) is 0 Å². The van der Waals surface area contributed by atoms with E-state index in [-0.39, 0.29) is 5.43 Å². The van der Waals surface area contributed by atoms with Gasteiger partial charge in [0, 0.05) is 12.1 Å². The minimum Gasteiger partial charge on any atom is -0.453 e. The van der Waals surface area contributed by atoms with E-state index in [9.17, 15) is 4.79 Å². The Kier molecular flexibility index (Phi) is 2.47. The Morgan fingerprint density at radius 3 is 2.88 bits per heavy atom. The number of rotatable bonds is 1. The molecule has 0 atom stereocenters. The molecule has 0 N–H and O–H groups in total. The van der Waals surface area contributed by atoms with Crippen molar-refractivity contribution in [2.75, 3.05) is 0 Å². The van der Waals surface area contributed by atoms with Gasteiger partial charge < -0.3 is 7.48 Å². The zero-order valence-electron chi connectivity index (χ0n) is 8.51. The Bertz CT molecular complexity index is 723. The van der Waals surface area contributed by atoms with E-state index in [0.717, 1.165) is 5.52 Å². The molecule has 1 aliphatic carbocycles. The molecule has 0 saturated heterocycles. The standard InChI is InChI=1S/C12H6INO3/c13-17-8-2-4-10-12(6-8)16-11-5-7(15)1-3-9(11)14-10/h1-6H. The van der Waals surface area contributed by atoms with Gasteiger partial charge in [0.15, 0.2) is 39.8 Å². The number of halogens is 1. The molecule has 4 nitrogen and oxygen atoms in total. The minimum absolute atomic E-state index is 0.0938. The molecule has 0 spiro atoms. The normalized spacial score (nSPS) is 10.9. The lowest BCUT2D eigenvalue weighted by Gasteiger charge is -2.05. The molecular weight excluding hydrogens is 333 g/mol. The van der Waals surface area contributed by atoms with Gasteiger partial charge in [0.05, 0.1) is 0 Å². The predicted octanol–water partition coefficient (Wildman–Crippen LogP) is 3.02. The molecule has 0 aromatic heterocycles. The third-order valence-corrected chi connectivity index (χ3v) is 2.92. The average Bonchev–Trinajstić information content (AvgIpc) is 2.35. The van der Waals surface area contributed by atoms with Crippen LogP contribution in [0.2, 0.25) is 0 Å². The van der Waals surface area contributed by atoms with E-state index in [1.54, 1.807) is 35.1 Å². The first kappa shape index (κ1) is 10.5. The minimum atomic E-state index is -0.0938. The second kappa shape index (κ2) is 3.99. The van der Waals surface area contributed by atoms with Crippen LogP contribution >= 0.6 is 23.0 Å². The van der Waals surface area contributed by atoms with Crippen LogP contribution in [0.5, 0.6) is 5.75 Å². The maximum Gasteiger partial charge on any atom is 0.192 e. The highest BCUT2D eigenvalue weighted by atomic mass is 127. The van der Waals surface area contributed by atoms with E-state index >= 15 is 0 Å². The number of benzene rings is 2. The van der Waals surface area contributed by atoms with E-state index in [4.69, 9.17) is 7.48 Å². The summed E-state index contributed by atoms with van der Waals surface area (Å²) in [4.78, 5) is 15.6. The van der Waals surface area contributed by atoms with Crippen molar-refractivity contribution in [1.82, 2.24) is 4.98 Å². The monoisotopic (exact) mass is 339 g/mol. The van der Waals surface area contributed by atoms with Gasteiger partial charge >= 0.3 is 0 Å². The van der Waals surface area contributed by atoms with Gasteiger partial charge in [-0.3, -0.25) is 4.79 Å². The number of hydrogen-bond acceptors (Lipinski definition) is 4. The SMILES string of the molecule is O=c1ccc2nc3ccc(OI)cc3oc-2c1. The summed E-state index contributed by atoms with van der Waals surface area (Å²) in [6.45, 7) is 0. The topological polar surface area (TPSA) is 52.3 Å². The van der Waals surface area contributed by atoms with Crippen LogP contribution in [-0.4, -0.2) is 4.98 Å². The lowest BCUT2D eigenvalue weighted by Crippen LogP contribution is -1.99. The summed E-state index contributed by atoms with van der Waals surface area (Å²) < 4.78 is 10.7. The highest BCUT2D eigenvalue weighted by molar-refractivity contribution is 14.1. The van der Waals surface area contributed by atoms with Gasteiger partial charge in [-0.1, -0.05) is 0 Å². The fourth-order valence-corrected chi connectivity index (χ4v) is 1.91. The summed E-state index contributed by atoms with van der Waals surface area (Å²) in [6.07, 6.45) is 0. The third kappa shape index (κ3) is 1.86. The Morgan fingerprint density at radius 1 is 1.18 bits per heavy atom. The van der Waals surface area contributed by atoms with E-state index in [2.05, 4.69) is 4.98 Å². The maximum absolute atomic E-state index is 11.2. The van der Waals surface area contributed by atoms with Crippen LogP contribution in [0.25, 0.3) is 22.6 Å². The average molecular weight is 339 g/mol. The number of aromatic nitrogens is 1. The van der Waals surface area contributed by atoms with Crippen molar-refractivity contribution in [1.29, 1.82) is 0 Å². The van der Waals surface area contributed by atoms with Crippen molar-refractivity contribution >= 4 is 34.1 Å². The number of nitrogens with zero attached hydrogens (tertiary/aromatic N) is 1. The second-order valence-corrected chi connectivity index (χ2v) is 3.99. The van der Waals surface area contributed by atoms with Gasteiger partial charge in [-0.05, 0) is 24.3 Å². The van der Waals surface area contributed by atoms with Gasteiger partial charge in [0.1, 0.15) is 17.0 Å². The molecule has 84 valence electrons. The summed E-state index contributed by atoms with van der Waals surface area (Å²) in [5.74, 6) is 1.16. The molecule has 0 saturated carbocycles. The molecule has 0 unspecified atom stereocenters. The van der Waals surface area contributed by atoms with Gasteiger partial charge in [-0.25, -0.2) is 4.98 Å². The van der Waals surface area contributed by atoms with Crippen LogP contribution in [-0.2, 0) is 0 Å². The smallest absolute Gasteiger partial charge is 0.192 e. The lowest BCUT2D eigenvalue weighted by atomic mass is 10.2. The van der Waals surface area contributed by atoms with Gasteiger partial charge in [0.25, 0.3) is 0 Å². The van der Waals surface area contributed by atoms with E-state index in [0.29, 0.717) is 22.8 Å². The van der Waals surface area contributed by atoms with E-state index in [1.807, 2.05) is 12.1 Å². The molecule has 3 rings (SSSR count). The Balaban J connectivity index is 2.37. The summed E-state index contributed by atoms with van der Waals surface area (Å²) in [6, 6.07) is 9.93. The molecule has 1 aromatic rings. The molecule has 2 aliphatic rings. The van der Waals surface area contributed by atoms with Crippen LogP contribution in [0.15, 0.2) is 45.6 Å². The Morgan fingerprint density at radius 2 is 2.06 bits per heavy atom. The maximum atomic E-state index is 11.2. The second-order valence-electron chi connectivity index (χ2n) is 3.55. The van der Waals surface area contributed by atoms with Gasteiger partial charge in [-0.15, -0.1) is 0 Å². The first-order valence-electron chi connectivity index (χ1n) is 4.89. The lowest BCUT2D eigenvalue weighted by molar-refractivity contribution is 0.609. The van der Waals surface area contributed by atoms with Crippen LogP contribution < -0.4 is 8.50 Å². The number of fused-ring (bicyclic) bond motifs is 2. The van der Waals surface area contributed by atoms with E-state index < -0.39 is 0 Å². The largest absolute Gasteiger partial charge is 0.453 e. The first-order valence-corrected chi connectivity index (χ1v) is 5.77. The Hall–Kier alpha value is -1.63. The molecule has 1 heterocycles. The third-order valence-electron chi connectivity index (χ3n) is 2.41. The summed E-state index contributed by atoms with van der Waals surface area (Å²) in [5.41, 5.74) is 1.90. The highest BCUT2D eigenvalue weighted by Gasteiger charge is 2.09. The summed E-state index contributed by atoms with van der Waals surface area (Å²) in [7, 11) is 0. The van der Waals surface area contributed by atoms with Crippen LogP contribution in [0.3, 0.4) is 0 Å². The fourth-order valence-electron chi connectivity index (χ4n) is 1.63.